The minimum atomic E-state index is -1.84. The van der Waals surface area contributed by atoms with Gasteiger partial charge in [-0.3, -0.25) is 9.98 Å². The molecule has 0 amide bonds. The predicted octanol–water partition coefficient (Wildman–Crippen LogP) is 17.1. The van der Waals surface area contributed by atoms with Crippen LogP contribution >= 0.6 is 0 Å². The topological polar surface area (TPSA) is 122 Å². The molecule has 0 aliphatic carbocycles. The van der Waals surface area contributed by atoms with Gasteiger partial charge in [0.1, 0.15) is 62.4 Å². The van der Waals surface area contributed by atoms with Crippen LogP contribution in [0.3, 0.4) is 0 Å². The molecule has 0 heterocycles. The Balaban J connectivity index is 1.81. The monoisotopic (exact) mass is 1090 g/mol. The number of benzene rings is 5. The van der Waals surface area contributed by atoms with E-state index in [9.17, 15) is 15.3 Å². The van der Waals surface area contributed by atoms with Gasteiger partial charge in [0.2, 0.25) is 0 Å². The maximum Gasteiger partial charge on any atom is 0.144 e. The summed E-state index contributed by atoms with van der Waals surface area (Å²) in [7, 11) is 0. The lowest BCUT2D eigenvalue weighted by atomic mass is 9.75. The van der Waals surface area contributed by atoms with Gasteiger partial charge in [0, 0.05) is 45.8 Å². The molecule has 0 bridgehead atoms. The summed E-state index contributed by atoms with van der Waals surface area (Å²) in [6, 6.07) is 26.3. The number of aliphatic hydroxyl groups is 2. The van der Waals surface area contributed by atoms with E-state index >= 15 is 0 Å². The highest BCUT2D eigenvalue weighted by Gasteiger charge is 2.46. The molecule has 9 heteroatoms. The molecule has 3 N–H and O–H groups in total. The summed E-state index contributed by atoms with van der Waals surface area (Å²) in [5, 5.41) is 40.6. The summed E-state index contributed by atoms with van der Waals surface area (Å²) >= 11 is 0. The van der Waals surface area contributed by atoms with Crippen molar-refractivity contribution in [3.05, 3.63) is 146 Å². The number of nitrogens with zero attached hydrogens (tertiary/aromatic N) is 2. The highest BCUT2D eigenvalue weighted by Crippen LogP contribution is 2.50. The lowest BCUT2D eigenvalue weighted by Gasteiger charge is -2.39. The molecule has 438 valence electrons. The first-order valence-corrected chi connectivity index (χ1v) is 28.8. The number of phenols is 1. The molecule has 2 atom stereocenters. The van der Waals surface area contributed by atoms with Gasteiger partial charge in [-0.1, -0.05) is 107 Å². The second-order valence-corrected chi connectivity index (χ2v) is 30.4. The van der Waals surface area contributed by atoms with Crippen LogP contribution in [-0.4, -0.2) is 62.2 Å². The number of aliphatic imine (C=N–C) groups is 2. The van der Waals surface area contributed by atoms with Crippen LogP contribution < -0.4 is 18.9 Å². The van der Waals surface area contributed by atoms with E-state index in [4.69, 9.17) is 28.9 Å². The number of rotatable bonds is 14. The van der Waals surface area contributed by atoms with Gasteiger partial charge in [0.25, 0.3) is 0 Å². The Morgan fingerprint density at radius 2 is 0.575 bits per heavy atom. The number of aromatic hydroxyl groups is 1. The fraction of sp³-hybridized carbons (Fsp3) is 0.549. The lowest BCUT2D eigenvalue weighted by Crippen LogP contribution is -2.41. The van der Waals surface area contributed by atoms with E-state index in [1.54, 1.807) is 12.4 Å². The molecule has 0 fully saturated rings. The fourth-order valence-electron chi connectivity index (χ4n) is 9.68. The van der Waals surface area contributed by atoms with Crippen LogP contribution in [0.1, 0.15) is 241 Å². The molecule has 5 aromatic carbocycles. The van der Waals surface area contributed by atoms with Crippen LogP contribution in [0.5, 0.6) is 28.7 Å². The van der Waals surface area contributed by atoms with Crippen molar-refractivity contribution in [1.29, 1.82) is 0 Å². The first-order valence-electron chi connectivity index (χ1n) is 28.8. The third kappa shape index (κ3) is 15.9. The smallest absolute Gasteiger partial charge is 0.144 e. The van der Waals surface area contributed by atoms with Crippen LogP contribution in [0.4, 0.5) is 0 Å². The average Bonchev–Trinajstić information content (AvgIpc) is 3.27. The Morgan fingerprint density at radius 1 is 0.362 bits per heavy atom. The van der Waals surface area contributed by atoms with Crippen LogP contribution in [0, 0.1) is 6.92 Å². The Labute approximate surface area is 483 Å². The largest absolute Gasteiger partial charge is 0.507 e. The highest BCUT2D eigenvalue weighted by atomic mass is 16.5. The van der Waals surface area contributed by atoms with Gasteiger partial charge in [-0.25, -0.2) is 0 Å². The standard InChI is InChI=1S/C71H102N2O7/c1-44-36-47(42-72-45(2)70(75,53-38-49(62(4,5)6)28-32-57(53)77-66(16,17)18)54-39-50(63(7,8)9)29-33-58(54)78-67(19,20)21)61(74)48(37-44)43-73-46(3)71(76,55-40-51(64(10,11)12)30-34-59(55)79-68(22,23)24)56-41-52(65(13,14)15)31-35-60(56)80-69(25,26)27/h28-43,45-46,74-76H,1-27H3/t45-,46-/m0/s1. The zero-order valence-corrected chi connectivity index (χ0v) is 54.3. The van der Waals surface area contributed by atoms with Gasteiger partial charge in [-0.05, 0) is 214 Å². The molecule has 9 nitrogen and oxygen atoms in total. The summed E-state index contributed by atoms with van der Waals surface area (Å²) in [6.45, 7) is 55.6. The van der Waals surface area contributed by atoms with E-state index in [1.807, 2.05) is 165 Å². The van der Waals surface area contributed by atoms with E-state index in [2.05, 4.69) is 107 Å². The average molecular weight is 1100 g/mol. The van der Waals surface area contributed by atoms with Crippen LogP contribution in [0.2, 0.25) is 0 Å². The van der Waals surface area contributed by atoms with Gasteiger partial charge in [-0.15, -0.1) is 0 Å². The third-order valence-corrected chi connectivity index (χ3v) is 14.1. The van der Waals surface area contributed by atoms with Crippen LogP contribution in [0.15, 0.2) is 94.9 Å². The quantitative estimate of drug-likeness (QED) is 0.0947. The highest BCUT2D eigenvalue weighted by molar-refractivity contribution is 5.92. The molecule has 5 aromatic rings. The molecule has 0 aromatic heterocycles. The van der Waals surface area contributed by atoms with Crippen molar-refractivity contribution >= 4 is 12.4 Å². The number of phenolic OH excluding ortho intramolecular Hbond substituents is 1. The lowest BCUT2D eigenvalue weighted by molar-refractivity contribution is 0.0407. The van der Waals surface area contributed by atoms with Crippen molar-refractivity contribution < 1.29 is 34.3 Å². The SMILES string of the molecule is Cc1cc(C=N[C@@H](C)C(O)(c2cc(C(C)(C)C)ccc2OC(C)(C)C)c2cc(C(C)(C)C)ccc2OC(C)(C)C)c(O)c(C=N[C@@H](C)C(O)(c2cc(C(C)(C)C)ccc2OC(C)(C)C)c2cc(C(C)(C)C)ccc2OC(C)(C)C)c1. The van der Waals surface area contributed by atoms with Gasteiger partial charge in [-0.2, -0.15) is 0 Å². The molecule has 0 radical (unpaired) electrons. The first-order chi connectivity index (χ1) is 36.0. The second kappa shape index (κ2) is 22.6. The second-order valence-electron chi connectivity index (χ2n) is 30.4. The molecule has 0 saturated carbocycles. The Morgan fingerprint density at radius 3 is 0.762 bits per heavy atom. The molecule has 0 aliphatic heterocycles. The molecule has 5 rings (SSSR count). The van der Waals surface area contributed by atoms with E-state index in [0.29, 0.717) is 56.4 Å². The van der Waals surface area contributed by atoms with Gasteiger partial charge in [0.05, 0.1) is 12.1 Å². The maximum atomic E-state index is 14.1. The van der Waals surface area contributed by atoms with Gasteiger partial charge >= 0.3 is 0 Å². The molecule has 0 unspecified atom stereocenters. The van der Waals surface area contributed by atoms with Crippen molar-refractivity contribution in [3.8, 4) is 28.7 Å². The summed E-state index contributed by atoms with van der Waals surface area (Å²) in [5.41, 5.74) is 0.648. The Kier molecular flexibility index (Phi) is 18.4. The molecular formula is C71H102N2O7. The number of hydrogen-bond acceptors (Lipinski definition) is 9. The summed E-state index contributed by atoms with van der Waals surface area (Å²) in [5.74, 6) is 2.02. The zero-order valence-electron chi connectivity index (χ0n) is 54.3. The fourth-order valence-corrected chi connectivity index (χ4v) is 9.68. The maximum absolute atomic E-state index is 14.1. The van der Waals surface area contributed by atoms with Crippen molar-refractivity contribution in [2.75, 3.05) is 0 Å². The molecule has 0 spiro atoms. The minimum Gasteiger partial charge on any atom is -0.507 e. The summed E-state index contributed by atoms with van der Waals surface area (Å²) in [4.78, 5) is 10.4. The van der Waals surface area contributed by atoms with Crippen LogP contribution in [-0.2, 0) is 32.9 Å². The normalized spacial score (nSPS) is 14.7. The van der Waals surface area contributed by atoms with E-state index in [-0.39, 0.29) is 27.4 Å². The molecule has 0 saturated heterocycles. The number of hydrogen-bond donors (Lipinski definition) is 3. The van der Waals surface area contributed by atoms with Crippen molar-refractivity contribution in [2.24, 2.45) is 9.98 Å². The molecule has 0 aliphatic rings. The Bertz CT molecular complexity index is 2690. The number of aryl methyl sites for hydroxylation is 1. The third-order valence-electron chi connectivity index (χ3n) is 14.1. The zero-order chi connectivity index (χ0) is 60.9. The molecular weight excluding hydrogens is 993 g/mol. The Hall–Kier alpha value is -5.64. The van der Waals surface area contributed by atoms with E-state index in [0.717, 1.165) is 27.8 Å². The summed E-state index contributed by atoms with van der Waals surface area (Å²) < 4.78 is 27.0. The van der Waals surface area contributed by atoms with Gasteiger partial charge in [0.15, 0.2) is 0 Å². The first kappa shape index (κ1) is 65.2. The van der Waals surface area contributed by atoms with Gasteiger partial charge < -0.3 is 34.3 Å². The van der Waals surface area contributed by atoms with Crippen molar-refractivity contribution in [1.82, 2.24) is 0 Å². The minimum absolute atomic E-state index is 0.0643. The van der Waals surface area contributed by atoms with E-state index < -0.39 is 45.7 Å². The number of ether oxygens (including phenoxy) is 4. The van der Waals surface area contributed by atoms with Crippen LogP contribution in [0.25, 0.3) is 0 Å². The summed E-state index contributed by atoms with van der Waals surface area (Å²) in [6.07, 6.45) is 3.26. The van der Waals surface area contributed by atoms with E-state index in [1.165, 1.54) is 0 Å². The van der Waals surface area contributed by atoms with Crippen molar-refractivity contribution in [2.45, 2.75) is 254 Å². The predicted molar refractivity (Wildman–Crippen MR) is 335 cm³/mol. The van der Waals surface area contributed by atoms with Crippen molar-refractivity contribution in [3.63, 3.8) is 0 Å². The molecule has 80 heavy (non-hydrogen) atoms.